The minimum absolute atomic E-state index is 0.106. The van der Waals surface area contributed by atoms with Crippen molar-refractivity contribution in [1.82, 2.24) is 0 Å². The van der Waals surface area contributed by atoms with Crippen molar-refractivity contribution in [2.75, 3.05) is 13.2 Å². The van der Waals surface area contributed by atoms with E-state index in [-0.39, 0.29) is 5.84 Å². The molecular formula is C19H21BrN4O2. The molecule has 0 amide bonds. The molecule has 3 unspecified atom stereocenters. The smallest absolute Gasteiger partial charge is 0.293 e. The molecule has 7 heteroatoms. The van der Waals surface area contributed by atoms with E-state index in [2.05, 4.69) is 33.1 Å². The first-order chi connectivity index (χ1) is 12.5. The molecule has 2 aliphatic rings. The van der Waals surface area contributed by atoms with Crippen LogP contribution >= 0.6 is 15.9 Å². The molecule has 0 bridgehead atoms. The van der Waals surface area contributed by atoms with E-state index in [4.69, 9.17) is 15.2 Å². The third-order valence-electron chi connectivity index (χ3n) is 5.15. The molecule has 0 aromatic heterocycles. The maximum atomic E-state index is 10.2. The van der Waals surface area contributed by atoms with Gasteiger partial charge in [0.2, 0.25) is 0 Å². The molecule has 2 N–H and O–H groups in total. The SMILES string of the molecule is CCCOC1(OCCC)N=C(N)C2(C#N)C(c3ccccc3Br)C12C#N. The lowest BCUT2D eigenvalue weighted by atomic mass is 9.93. The minimum atomic E-state index is -1.56. The zero-order valence-corrected chi connectivity index (χ0v) is 16.4. The summed E-state index contributed by atoms with van der Waals surface area (Å²) in [6, 6.07) is 12.1. The first-order valence-electron chi connectivity index (χ1n) is 8.72. The molecule has 26 heavy (non-hydrogen) atoms. The molecule has 0 radical (unpaired) electrons. The number of hydrogen-bond acceptors (Lipinski definition) is 6. The summed E-state index contributed by atoms with van der Waals surface area (Å²) < 4.78 is 12.8. The van der Waals surface area contributed by atoms with E-state index in [0.717, 1.165) is 22.9 Å². The Labute approximate surface area is 161 Å². The van der Waals surface area contributed by atoms with Gasteiger partial charge in [0.05, 0.1) is 25.4 Å². The van der Waals surface area contributed by atoms with Crippen molar-refractivity contribution in [3.63, 3.8) is 0 Å². The van der Waals surface area contributed by atoms with Gasteiger partial charge in [-0.15, -0.1) is 0 Å². The Morgan fingerprint density at radius 1 is 1.15 bits per heavy atom. The third-order valence-corrected chi connectivity index (χ3v) is 5.87. The van der Waals surface area contributed by atoms with E-state index in [0.29, 0.717) is 13.2 Å². The van der Waals surface area contributed by atoms with Gasteiger partial charge in [0.25, 0.3) is 5.91 Å². The fraction of sp³-hybridized carbons (Fsp3) is 0.526. The van der Waals surface area contributed by atoms with Crippen molar-refractivity contribution < 1.29 is 9.47 Å². The fourth-order valence-electron chi connectivity index (χ4n) is 4.01. The summed E-state index contributed by atoms with van der Waals surface area (Å²) in [5, 5.41) is 20.3. The fourth-order valence-corrected chi connectivity index (χ4v) is 4.53. The van der Waals surface area contributed by atoms with E-state index in [1.807, 2.05) is 38.1 Å². The highest BCUT2D eigenvalue weighted by Crippen LogP contribution is 2.82. The van der Waals surface area contributed by atoms with Crippen LogP contribution in [0.3, 0.4) is 0 Å². The predicted molar refractivity (Wildman–Crippen MR) is 99.8 cm³/mol. The molecule has 1 heterocycles. The lowest BCUT2D eigenvalue weighted by molar-refractivity contribution is -0.259. The highest BCUT2D eigenvalue weighted by atomic mass is 79.9. The summed E-state index contributed by atoms with van der Waals surface area (Å²) in [5.41, 5.74) is 4.49. The monoisotopic (exact) mass is 416 g/mol. The van der Waals surface area contributed by atoms with Crippen molar-refractivity contribution in [2.24, 2.45) is 21.6 Å². The lowest BCUT2D eigenvalue weighted by Crippen LogP contribution is -2.44. The number of nitrogens with two attached hydrogens (primary N) is 1. The van der Waals surface area contributed by atoms with Crippen molar-refractivity contribution in [3.05, 3.63) is 34.3 Å². The molecule has 6 nitrogen and oxygen atoms in total. The highest BCUT2D eigenvalue weighted by Gasteiger charge is 2.93. The second-order valence-electron chi connectivity index (χ2n) is 6.57. The number of nitriles is 2. The number of nitrogens with zero attached hydrogens (tertiary/aromatic N) is 3. The van der Waals surface area contributed by atoms with Crippen LogP contribution in [0.25, 0.3) is 0 Å². The van der Waals surface area contributed by atoms with Crippen LogP contribution in [0.4, 0.5) is 0 Å². The van der Waals surface area contributed by atoms with E-state index >= 15 is 0 Å². The molecule has 0 spiro atoms. The zero-order chi connectivity index (χ0) is 19.0. The molecule has 1 aromatic carbocycles. The van der Waals surface area contributed by atoms with Gasteiger partial charge in [-0.3, -0.25) is 0 Å². The summed E-state index contributed by atoms with van der Waals surface area (Å²) in [7, 11) is 0. The minimum Gasteiger partial charge on any atom is -0.386 e. The number of rotatable bonds is 7. The number of benzene rings is 1. The first-order valence-corrected chi connectivity index (χ1v) is 9.51. The van der Waals surface area contributed by atoms with Crippen LogP contribution in [-0.2, 0) is 9.47 Å². The number of amidine groups is 1. The summed E-state index contributed by atoms with van der Waals surface area (Å²) in [4.78, 5) is 4.41. The maximum absolute atomic E-state index is 10.2. The van der Waals surface area contributed by atoms with Crippen LogP contribution in [0, 0.1) is 33.5 Å². The maximum Gasteiger partial charge on any atom is 0.293 e. The van der Waals surface area contributed by atoms with Gasteiger partial charge >= 0.3 is 0 Å². The van der Waals surface area contributed by atoms with E-state index < -0.39 is 22.7 Å². The molecule has 0 saturated heterocycles. The molecule has 1 aromatic rings. The van der Waals surface area contributed by atoms with Crippen LogP contribution in [0.5, 0.6) is 0 Å². The Kier molecular flexibility index (Phi) is 4.83. The molecule has 1 fully saturated rings. The number of ether oxygens (including phenoxy) is 2. The molecule has 136 valence electrons. The van der Waals surface area contributed by atoms with Gasteiger partial charge in [0.1, 0.15) is 11.3 Å². The Morgan fingerprint density at radius 3 is 2.27 bits per heavy atom. The molecule has 1 aliphatic carbocycles. The second kappa shape index (κ2) is 6.66. The molecule has 3 rings (SSSR count). The number of aliphatic imine (C=N–C) groups is 1. The molecular weight excluding hydrogens is 396 g/mol. The van der Waals surface area contributed by atoms with Gasteiger partial charge in [-0.25, -0.2) is 4.99 Å². The standard InChI is InChI=1S/C19H21BrN4O2/c1-3-9-25-19(26-10-4-2)18(12-22)15(13-7-5-6-8-14(13)20)17(18,11-21)16(23)24-19/h5-8,15H,3-4,9-10H2,1-2H3,(H2,23,24). The Bertz CT molecular complexity index is 820. The molecule has 1 saturated carbocycles. The third kappa shape index (κ3) is 2.11. The quantitative estimate of drug-likeness (QED) is 0.685. The average molecular weight is 417 g/mol. The lowest BCUT2D eigenvalue weighted by Gasteiger charge is -2.32. The highest BCUT2D eigenvalue weighted by molar-refractivity contribution is 9.10. The van der Waals surface area contributed by atoms with Crippen molar-refractivity contribution >= 4 is 21.8 Å². The van der Waals surface area contributed by atoms with Gasteiger partial charge in [-0.05, 0) is 24.5 Å². The summed E-state index contributed by atoms with van der Waals surface area (Å²) in [5.74, 6) is -1.94. The number of fused-ring (bicyclic) bond motifs is 1. The van der Waals surface area contributed by atoms with E-state index in [9.17, 15) is 10.5 Å². The van der Waals surface area contributed by atoms with Gasteiger partial charge in [-0.1, -0.05) is 48.0 Å². The van der Waals surface area contributed by atoms with Crippen LogP contribution < -0.4 is 5.73 Å². The largest absolute Gasteiger partial charge is 0.386 e. The van der Waals surface area contributed by atoms with Crippen molar-refractivity contribution in [3.8, 4) is 12.1 Å². The van der Waals surface area contributed by atoms with Crippen LogP contribution in [-0.4, -0.2) is 25.0 Å². The van der Waals surface area contributed by atoms with Gasteiger partial charge in [0.15, 0.2) is 5.41 Å². The second-order valence-corrected chi connectivity index (χ2v) is 7.42. The predicted octanol–water partition coefficient (Wildman–Crippen LogP) is 3.44. The molecule has 3 atom stereocenters. The van der Waals surface area contributed by atoms with Gasteiger partial charge < -0.3 is 15.2 Å². The van der Waals surface area contributed by atoms with Crippen LogP contribution in [0.15, 0.2) is 33.7 Å². The summed E-state index contributed by atoms with van der Waals surface area (Å²) in [6.07, 6.45) is 1.46. The van der Waals surface area contributed by atoms with E-state index in [1.165, 1.54) is 0 Å². The van der Waals surface area contributed by atoms with Crippen molar-refractivity contribution in [2.45, 2.75) is 38.5 Å². The zero-order valence-electron chi connectivity index (χ0n) is 14.8. The Hall–Kier alpha value is -1.93. The van der Waals surface area contributed by atoms with Crippen molar-refractivity contribution in [1.29, 1.82) is 10.5 Å². The van der Waals surface area contributed by atoms with E-state index in [1.54, 1.807) is 0 Å². The number of hydrogen-bond donors (Lipinski definition) is 1. The summed E-state index contributed by atoms with van der Waals surface area (Å²) in [6.45, 7) is 4.64. The van der Waals surface area contributed by atoms with Crippen LogP contribution in [0.1, 0.15) is 38.2 Å². The Morgan fingerprint density at radius 2 is 1.77 bits per heavy atom. The average Bonchev–Trinajstić information content (AvgIpc) is 3.22. The first kappa shape index (κ1) is 18.8. The van der Waals surface area contributed by atoms with Gasteiger partial charge in [0, 0.05) is 10.4 Å². The van der Waals surface area contributed by atoms with Gasteiger partial charge in [-0.2, -0.15) is 10.5 Å². The molecule has 1 aliphatic heterocycles. The summed E-state index contributed by atoms with van der Waals surface area (Å²) >= 11 is 3.53. The topological polar surface area (TPSA) is 104 Å². The number of halogens is 1. The Balaban J connectivity index is 2.19. The normalized spacial score (nSPS) is 30.8. The van der Waals surface area contributed by atoms with Crippen LogP contribution in [0.2, 0.25) is 0 Å².